The van der Waals surface area contributed by atoms with Crippen LogP contribution in [0.2, 0.25) is 0 Å². The molecule has 2 aromatic carbocycles. The van der Waals surface area contributed by atoms with E-state index in [1.165, 1.54) is 30.3 Å². The second kappa shape index (κ2) is 7.33. The number of furan rings is 1. The predicted molar refractivity (Wildman–Crippen MR) is 98.4 cm³/mol. The lowest BCUT2D eigenvalue weighted by Gasteiger charge is -2.01. The Balaban J connectivity index is 1.97. The number of nitro groups is 1. The molecule has 128 valence electrons. The molecule has 0 atom stereocenters. The van der Waals surface area contributed by atoms with Crippen LogP contribution in [-0.4, -0.2) is 4.92 Å². The number of nitriles is 1. The molecule has 0 unspecified atom stereocenters. The van der Waals surface area contributed by atoms with Gasteiger partial charge >= 0.3 is 0 Å². The summed E-state index contributed by atoms with van der Waals surface area (Å²) < 4.78 is 20.1. The van der Waals surface area contributed by atoms with Gasteiger partial charge in [0.1, 0.15) is 17.3 Å². The first-order valence-electron chi connectivity index (χ1n) is 7.40. The van der Waals surface area contributed by atoms with Crippen molar-refractivity contribution in [2.24, 2.45) is 0 Å². The normalized spacial score (nSPS) is 11.2. The molecule has 7 heteroatoms. The van der Waals surface area contributed by atoms with E-state index in [-0.39, 0.29) is 16.8 Å². The fourth-order valence-corrected chi connectivity index (χ4v) is 2.95. The number of allylic oxidation sites excluding steroid dienone is 1. The van der Waals surface area contributed by atoms with Crippen LogP contribution in [0, 0.1) is 27.3 Å². The predicted octanol–water partition coefficient (Wildman–Crippen LogP) is 5.82. The number of hydrogen-bond acceptors (Lipinski definition) is 4. The molecule has 0 aliphatic rings. The minimum absolute atomic E-state index is 0.0429. The van der Waals surface area contributed by atoms with Gasteiger partial charge in [-0.25, -0.2) is 4.39 Å². The lowest BCUT2D eigenvalue weighted by atomic mass is 10.1. The van der Waals surface area contributed by atoms with Crippen LogP contribution in [0.1, 0.15) is 11.3 Å². The van der Waals surface area contributed by atoms with Gasteiger partial charge in [0.2, 0.25) is 0 Å². The van der Waals surface area contributed by atoms with Crippen molar-refractivity contribution in [1.82, 2.24) is 0 Å². The maximum Gasteiger partial charge on any atom is 0.270 e. The molecule has 1 heterocycles. The van der Waals surface area contributed by atoms with E-state index in [1.807, 2.05) is 6.07 Å². The van der Waals surface area contributed by atoms with Crippen LogP contribution < -0.4 is 0 Å². The van der Waals surface area contributed by atoms with E-state index in [1.54, 1.807) is 30.3 Å². The molecular formula is C19H10BrFN2O3. The van der Waals surface area contributed by atoms with Gasteiger partial charge in [0.25, 0.3) is 5.69 Å². The minimum Gasteiger partial charge on any atom is -0.457 e. The molecule has 0 aliphatic carbocycles. The lowest BCUT2D eigenvalue weighted by molar-refractivity contribution is -0.384. The Bertz CT molecular complexity index is 1070. The molecule has 5 nitrogen and oxygen atoms in total. The first-order valence-corrected chi connectivity index (χ1v) is 8.19. The smallest absolute Gasteiger partial charge is 0.270 e. The summed E-state index contributed by atoms with van der Waals surface area (Å²) in [4.78, 5) is 10.3. The molecule has 0 amide bonds. The van der Waals surface area contributed by atoms with E-state index in [4.69, 9.17) is 4.42 Å². The van der Waals surface area contributed by atoms with E-state index < -0.39 is 10.7 Å². The molecule has 0 aliphatic heterocycles. The van der Waals surface area contributed by atoms with Crippen LogP contribution in [0.3, 0.4) is 0 Å². The van der Waals surface area contributed by atoms with Crippen LogP contribution in [-0.2, 0) is 0 Å². The number of benzene rings is 2. The van der Waals surface area contributed by atoms with Crippen LogP contribution >= 0.6 is 15.9 Å². The first kappa shape index (κ1) is 17.6. The molecule has 3 rings (SSSR count). The van der Waals surface area contributed by atoms with Gasteiger partial charge in [0, 0.05) is 27.7 Å². The largest absolute Gasteiger partial charge is 0.457 e. The van der Waals surface area contributed by atoms with Crippen LogP contribution in [0.25, 0.3) is 23.0 Å². The van der Waals surface area contributed by atoms with Crippen LogP contribution in [0.5, 0.6) is 0 Å². The minimum atomic E-state index is -0.495. The summed E-state index contributed by atoms with van der Waals surface area (Å²) in [6, 6.07) is 15.6. The van der Waals surface area contributed by atoms with Crippen molar-refractivity contribution in [1.29, 1.82) is 5.26 Å². The van der Waals surface area contributed by atoms with Gasteiger partial charge in [0.05, 0.1) is 16.6 Å². The molecular weight excluding hydrogens is 403 g/mol. The Morgan fingerprint density at radius 1 is 1.23 bits per heavy atom. The highest BCUT2D eigenvalue weighted by Crippen LogP contribution is 2.33. The summed E-state index contributed by atoms with van der Waals surface area (Å²) in [6.45, 7) is 0. The molecule has 0 bridgehead atoms. The molecule has 1 aromatic heterocycles. The molecule has 3 aromatic rings. The number of non-ortho nitro benzene ring substituents is 1. The van der Waals surface area contributed by atoms with Crippen molar-refractivity contribution in [2.75, 3.05) is 0 Å². The fourth-order valence-electron chi connectivity index (χ4n) is 2.38. The number of hydrogen-bond donors (Lipinski definition) is 0. The SMILES string of the molecule is N#C/C(=C\c1ccc(-c2ccc([N+](=O)[O-])cc2Br)o1)c1ccccc1F. The van der Waals surface area contributed by atoms with E-state index in [0.29, 0.717) is 21.6 Å². The highest BCUT2D eigenvalue weighted by Gasteiger charge is 2.14. The van der Waals surface area contributed by atoms with Gasteiger partial charge in [0.15, 0.2) is 0 Å². The molecule has 0 spiro atoms. The maximum atomic E-state index is 13.9. The van der Waals surface area contributed by atoms with Gasteiger partial charge < -0.3 is 4.42 Å². The molecule has 0 saturated carbocycles. The second-order valence-corrected chi connectivity index (χ2v) is 6.13. The van der Waals surface area contributed by atoms with Crippen molar-refractivity contribution >= 4 is 33.3 Å². The Hall–Kier alpha value is -3.24. The van der Waals surface area contributed by atoms with Gasteiger partial charge in [-0.3, -0.25) is 10.1 Å². The summed E-state index contributed by atoms with van der Waals surface area (Å²) in [5.74, 6) is 0.332. The van der Waals surface area contributed by atoms with E-state index in [2.05, 4.69) is 15.9 Å². The summed E-state index contributed by atoms with van der Waals surface area (Å²) in [5, 5.41) is 20.1. The van der Waals surface area contributed by atoms with E-state index >= 15 is 0 Å². The van der Waals surface area contributed by atoms with Crippen LogP contribution in [0.15, 0.2) is 63.5 Å². The molecule has 0 N–H and O–H groups in total. The fraction of sp³-hybridized carbons (Fsp3) is 0. The summed E-state index contributed by atoms with van der Waals surface area (Å²) in [7, 11) is 0. The number of halogens is 2. The summed E-state index contributed by atoms with van der Waals surface area (Å²) in [5.41, 5.74) is 0.898. The Morgan fingerprint density at radius 2 is 2.00 bits per heavy atom. The average molecular weight is 413 g/mol. The third-order valence-corrected chi connectivity index (χ3v) is 4.28. The zero-order chi connectivity index (χ0) is 18.7. The topological polar surface area (TPSA) is 80.1 Å². The van der Waals surface area contributed by atoms with Crippen molar-refractivity contribution in [3.63, 3.8) is 0 Å². The van der Waals surface area contributed by atoms with Crippen molar-refractivity contribution in [3.8, 4) is 17.4 Å². The quantitative estimate of drug-likeness (QED) is 0.307. The first-order chi connectivity index (χ1) is 12.5. The van der Waals surface area contributed by atoms with Crippen molar-refractivity contribution in [3.05, 3.63) is 86.3 Å². The zero-order valence-electron chi connectivity index (χ0n) is 13.1. The summed E-state index contributed by atoms with van der Waals surface area (Å²) in [6.07, 6.45) is 1.45. The van der Waals surface area contributed by atoms with Gasteiger partial charge in [-0.1, -0.05) is 18.2 Å². The molecule has 0 fully saturated rings. The Labute approximate surface area is 156 Å². The zero-order valence-corrected chi connectivity index (χ0v) is 14.7. The monoisotopic (exact) mass is 412 g/mol. The highest BCUT2D eigenvalue weighted by atomic mass is 79.9. The second-order valence-electron chi connectivity index (χ2n) is 5.27. The Morgan fingerprint density at radius 3 is 2.65 bits per heavy atom. The third-order valence-electron chi connectivity index (χ3n) is 3.63. The van der Waals surface area contributed by atoms with Gasteiger partial charge in [-0.15, -0.1) is 0 Å². The Kier molecular flexibility index (Phi) is 4.96. The molecule has 0 radical (unpaired) electrons. The van der Waals surface area contributed by atoms with Crippen LogP contribution in [0.4, 0.5) is 10.1 Å². The van der Waals surface area contributed by atoms with E-state index in [0.717, 1.165) is 0 Å². The standard InChI is InChI=1S/C19H10BrFN2O3/c20-17-10-13(23(24)25)5-7-16(17)19-8-6-14(26-19)9-12(11-22)15-3-1-2-4-18(15)21/h1-10H/b12-9+. The van der Waals surface area contributed by atoms with Crippen molar-refractivity contribution < 1.29 is 13.7 Å². The maximum absolute atomic E-state index is 13.9. The van der Waals surface area contributed by atoms with Crippen molar-refractivity contribution in [2.45, 2.75) is 0 Å². The summed E-state index contributed by atoms with van der Waals surface area (Å²) >= 11 is 3.29. The average Bonchev–Trinajstić information content (AvgIpc) is 3.08. The van der Waals surface area contributed by atoms with Gasteiger partial charge in [-0.05, 0) is 46.3 Å². The van der Waals surface area contributed by atoms with Gasteiger partial charge in [-0.2, -0.15) is 5.26 Å². The number of nitro benzene ring substituents is 1. The number of rotatable bonds is 4. The molecule has 0 saturated heterocycles. The van der Waals surface area contributed by atoms with E-state index in [9.17, 15) is 19.8 Å². The third kappa shape index (κ3) is 3.55. The highest BCUT2D eigenvalue weighted by molar-refractivity contribution is 9.10. The molecule has 26 heavy (non-hydrogen) atoms. The number of nitrogens with zero attached hydrogens (tertiary/aromatic N) is 2. The lowest BCUT2D eigenvalue weighted by Crippen LogP contribution is -1.88.